The van der Waals surface area contributed by atoms with Crippen LogP contribution in [-0.2, 0) is 11.2 Å². The summed E-state index contributed by atoms with van der Waals surface area (Å²) < 4.78 is 0. The second kappa shape index (κ2) is 5.15. The second-order valence-corrected chi connectivity index (χ2v) is 5.43. The van der Waals surface area contributed by atoms with Gasteiger partial charge < -0.3 is 16.0 Å². The van der Waals surface area contributed by atoms with Gasteiger partial charge in [0.05, 0.1) is 11.3 Å². The molecule has 106 valence electrons. The first kappa shape index (κ1) is 13.0. The largest absolute Gasteiger partial charge is 0.384 e. The van der Waals surface area contributed by atoms with Gasteiger partial charge in [0, 0.05) is 13.1 Å². The van der Waals surface area contributed by atoms with Crippen molar-refractivity contribution in [3.05, 3.63) is 29.3 Å². The lowest BCUT2D eigenvalue weighted by Gasteiger charge is -2.26. The molecule has 2 aliphatic rings. The van der Waals surface area contributed by atoms with Crippen molar-refractivity contribution >= 4 is 17.5 Å². The number of para-hydroxylation sites is 1. The van der Waals surface area contributed by atoms with Crippen LogP contribution in [0.2, 0.25) is 0 Å². The quantitative estimate of drug-likeness (QED) is 0.848. The fourth-order valence-electron chi connectivity index (χ4n) is 3.15. The zero-order chi connectivity index (χ0) is 14.1. The van der Waals surface area contributed by atoms with E-state index in [9.17, 15) is 9.59 Å². The first-order valence-electron chi connectivity index (χ1n) is 7.14. The standard InChI is InChI=1S/C15H19N3O2/c16-14(19)12-7-3-9-18(12)15(20)11-6-1-4-10-5-2-8-17-13(10)11/h1,4,6,12,17H,2-3,5,7-9H2,(H2,16,19). The number of aryl methyl sites for hydroxylation is 1. The molecule has 0 bridgehead atoms. The molecule has 1 atom stereocenters. The average molecular weight is 273 g/mol. The highest BCUT2D eigenvalue weighted by Gasteiger charge is 2.34. The van der Waals surface area contributed by atoms with Crippen molar-refractivity contribution in [3.63, 3.8) is 0 Å². The van der Waals surface area contributed by atoms with Crippen LogP contribution in [0.1, 0.15) is 35.2 Å². The molecule has 1 saturated heterocycles. The Morgan fingerprint density at radius 1 is 1.30 bits per heavy atom. The topological polar surface area (TPSA) is 75.4 Å². The fraction of sp³-hybridized carbons (Fsp3) is 0.467. The van der Waals surface area contributed by atoms with Crippen molar-refractivity contribution in [3.8, 4) is 0 Å². The second-order valence-electron chi connectivity index (χ2n) is 5.43. The van der Waals surface area contributed by atoms with E-state index in [1.807, 2.05) is 18.2 Å². The summed E-state index contributed by atoms with van der Waals surface area (Å²) in [5, 5.41) is 3.32. The van der Waals surface area contributed by atoms with Gasteiger partial charge in [-0.2, -0.15) is 0 Å². The van der Waals surface area contributed by atoms with E-state index in [1.165, 1.54) is 5.56 Å². The predicted octanol–water partition coefficient (Wildman–Crippen LogP) is 1.13. The number of amides is 2. The van der Waals surface area contributed by atoms with Gasteiger partial charge in [0.1, 0.15) is 6.04 Å². The third-order valence-electron chi connectivity index (χ3n) is 4.15. The number of hydrogen-bond acceptors (Lipinski definition) is 3. The maximum absolute atomic E-state index is 12.7. The lowest BCUT2D eigenvalue weighted by Crippen LogP contribution is -2.44. The number of nitrogens with zero attached hydrogens (tertiary/aromatic N) is 1. The highest BCUT2D eigenvalue weighted by molar-refractivity contribution is 6.02. The van der Waals surface area contributed by atoms with Crippen LogP contribution in [0, 0.1) is 0 Å². The summed E-state index contributed by atoms with van der Waals surface area (Å²) in [5.41, 5.74) is 8.16. The zero-order valence-electron chi connectivity index (χ0n) is 11.4. The van der Waals surface area contributed by atoms with E-state index in [0.29, 0.717) is 18.5 Å². The van der Waals surface area contributed by atoms with Crippen LogP contribution in [0.4, 0.5) is 5.69 Å². The number of hydrogen-bond donors (Lipinski definition) is 2. The van der Waals surface area contributed by atoms with Gasteiger partial charge in [-0.15, -0.1) is 0 Å². The minimum absolute atomic E-state index is 0.0856. The van der Waals surface area contributed by atoms with E-state index >= 15 is 0 Å². The Hall–Kier alpha value is -2.04. The molecule has 1 aromatic rings. The van der Waals surface area contributed by atoms with Crippen molar-refractivity contribution in [2.24, 2.45) is 5.73 Å². The minimum Gasteiger partial charge on any atom is -0.384 e. The molecule has 2 amide bonds. The molecule has 5 heteroatoms. The van der Waals surface area contributed by atoms with Crippen LogP contribution in [-0.4, -0.2) is 35.8 Å². The maximum Gasteiger partial charge on any atom is 0.256 e. The average Bonchev–Trinajstić information content (AvgIpc) is 2.95. The number of anilines is 1. The van der Waals surface area contributed by atoms with Crippen LogP contribution in [0.15, 0.2) is 18.2 Å². The molecule has 0 radical (unpaired) electrons. The Kier molecular flexibility index (Phi) is 3.34. The third kappa shape index (κ3) is 2.13. The summed E-state index contributed by atoms with van der Waals surface area (Å²) >= 11 is 0. The van der Waals surface area contributed by atoms with E-state index in [0.717, 1.165) is 31.5 Å². The first-order valence-corrected chi connectivity index (χ1v) is 7.14. The molecular formula is C15H19N3O2. The lowest BCUT2D eigenvalue weighted by atomic mass is 9.98. The smallest absolute Gasteiger partial charge is 0.256 e. The molecule has 2 aliphatic heterocycles. The molecule has 1 aromatic carbocycles. The van der Waals surface area contributed by atoms with Gasteiger partial charge in [0.2, 0.25) is 5.91 Å². The fourth-order valence-corrected chi connectivity index (χ4v) is 3.15. The van der Waals surface area contributed by atoms with Gasteiger partial charge in [0.25, 0.3) is 5.91 Å². The summed E-state index contributed by atoms with van der Waals surface area (Å²) in [6.07, 6.45) is 3.58. The molecule has 2 heterocycles. The monoisotopic (exact) mass is 273 g/mol. The maximum atomic E-state index is 12.7. The van der Waals surface area contributed by atoms with Crippen LogP contribution < -0.4 is 11.1 Å². The molecule has 20 heavy (non-hydrogen) atoms. The number of likely N-dealkylation sites (tertiary alicyclic amines) is 1. The van der Waals surface area contributed by atoms with E-state index in [1.54, 1.807) is 4.90 Å². The van der Waals surface area contributed by atoms with Gasteiger partial charge in [-0.05, 0) is 37.3 Å². The summed E-state index contributed by atoms with van der Waals surface area (Å²) in [7, 11) is 0. The number of carbonyl (C=O) groups excluding carboxylic acids is 2. The number of primary amides is 1. The van der Waals surface area contributed by atoms with Gasteiger partial charge in [-0.25, -0.2) is 0 Å². The SMILES string of the molecule is NC(=O)C1CCCN1C(=O)c1cccc2c1NCCC2. The van der Waals surface area contributed by atoms with Crippen LogP contribution in [0.3, 0.4) is 0 Å². The molecule has 0 saturated carbocycles. The number of nitrogens with one attached hydrogen (secondary N) is 1. The number of fused-ring (bicyclic) bond motifs is 1. The summed E-state index contributed by atoms with van der Waals surface area (Å²) in [6, 6.07) is 5.33. The Labute approximate surface area is 118 Å². The van der Waals surface area contributed by atoms with Crippen molar-refractivity contribution in [2.45, 2.75) is 31.7 Å². The Morgan fingerprint density at radius 2 is 2.15 bits per heavy atom. The predicted molar refractivity (Wildman–Crippen MR) is 76.5 cm³/mol. The first-order chi connectivity index (χ1) is 9.68. The Bertz CT molecular complexity index is 556. The lowest BCUT2D eigenvalue weighted by molar-refractivity contribution is -0.121. The normalized spacial score (nSPS) is 21.2. The number of rotatable bonds is 2. The highest BCUT2D eigenvalue weighted by atomic mass is 16.2. The minimum atomic E-state index is -0.457. The van der Waals surface area contributed by atoms with Gasteiger partial charge in [0.15, 0.2) is 0 Å². The zero-order valence-corrected chi connectivity index (χ0v) is 11.4. The van der Waals surface area contributed by atoms with Crippen LogP contribution in [0.5, 0.6) is 0 Å². The van der Waals surface area contributed by atoms with Crippen LogP contribution in [0.25, 0.3) is 0 Å². The summed E-state index contributed by atoms with van der Waals surface area (Å²) in [6.45, 7) is 1.49. The molecule has 0 aliphatic carbocycles. The summed E-state index contributed by atoms with van der Waals surface area (Å²) in [4.78, 5) is 25.8. The summed E-state index contributed by atoms with van der Waals surface area (Å²) in [5.74, 6) is -0.494. The molecule has 1 unspecified atom stereocenters. The Morgan fingerprint density at radius 3 is 2.95 bits per heavy atom. The van der Waals surface area contributed by atoms with Crippen molar-refractivity contribution in [1.29, 1.82) is 0 Å². The van der Waals surface area contributed by atoms with Crippen LogP contribution >= 0.6 is 0 Å². The van der Waals surface area contributed by atoms with E-state index in [2.05, 4.69) is 5.32 Å². The van der Waals surface area contributed by atoms with E-state index < -0.39 is 11.9 Å². The Balaban J connectivity index is 1.93. The van der Waals surface area contributed by atoms with Gasteiger partial charge in [-0.3, -0.25) is 9.59 Å². The molecule has 5 nitrogen and oxygen atoms in total. The molecule has 0 aromatic heterocycles. The third-order valence-corrected chi connectivity index (χ3v) is 4.15. The van der Waals surface area contributed by atoms with Gasteiger partial charge >= 0.3 is 0 Å². The molecule has 3 N–H and O–H groups in total. The molecular weight excluding hydrogens is 254 g/mol. The highest BCUT2D eigenvalue weighted by Crippen LogP contribution is 2.29. The van der Waals surface area contributed by atoms with E-state index in [-0.39, 0.29) is 5.91 Å². The van der Waals surface area contributed by atoms with E-state index in [4.69, 9.17) is 5.73 Å². The number of benzene rings is 1. The number of nitrogens with two attached hydrogens (primary N) is 1. The molecule has 0 spiro atoms. The number of carbonyl (C=O) groups is 2. The van der Waals surface area contributed by atoms with Crippen molar-refractivity contribution in [2.75, 3.05) is 18.4 Å². The molecule has 3 rings (SSSR count). The molecule has 1 fully saturated rings. The van der Waals surface area contributed by atoms with Crippen molar-refractivity contribution < 1.29 is 9.59 Å². The van der Waals surface area contributed by atoms with Gasteiger partial charge in [-0.1, -0.05) is 12.1 Å². The van der Waals surface area contributed by atoms with Crippen molar-refractivity contribution in [1.82, 2.24) is 4.90 Å².